The Morgan fingerprint density at radius 3 is 2.17 bits per heavy atom. The molecule has 2 heterocycles. The smallest absolute Gasteiger partial charge is 0.0433 e. The monoisotopic (exact) mass is 492 g/mol. The van der Waals surface area contributed by atoms with Gasteiger partial charge in [-0.15, -0.1) is 11.3 Å². The fourth-order valence-electron chi connectivity index (χ4n) is 5.58. The van der Waals surface area contributed by atoms with Crippen LogP contribution in [-0.2, 0) is 0 Å². The maximum absolute atomic E-state index is 2.38. The second-order valence-corrected chi connectivity index (χ2v) is 11.5. The topological polar surface area (TPSA) is 0 Å². The Morgan fingerprint density at radius 1 is 0.444 bits per heavy atom. The summed E-state index contributed by atoms with van der Waals surface area (Å²) in [6.45, 7) is 0. The number of hydrogen-bond acceptors (Lipinski definition) is 2. The first-order valence-corrected chi connectivity index (χ1v) is 13.8. The summed E-state index contributed by atoms with van der Waals surface area (Å²) in [6.07, 6.45) is 0. The van der Waals surface area contributed by atoms with Gasteiger partial charge in [-0.25, -0.2) is 0 Å². The van der Waals surface area contributed by atoms with Crippen LogP contribution in [0.25, 0.3) is 64.3 Å². The lowest BCUT2D eigenvalue weighted by Crippen LogP contribution is -1.93. The van der Waals surface area contributed by atoms with Crippen LogP contribution in [0.4, 0.5) is 0 Å². The quantitative estimate of drug-likeness (QED) is 0.231. The Balaban J connectivity index is 1.28. The molecule has 0 spiro atoms. The van der Waals surface area contributed by atoms with Gasteiger partial charge in [-0.2, -0.15) is 0 Å². The predicted octanol–water partition coefficient (Wildman–Crippen LogP) is 10.7. The van der Waals surface area contributed by atoms with Gasteiger partial charge >= 0.3 is 0 Å². The van der Waals surface area contributed by atoms with Crippen molar-refractivity contribution in [1.82, 2.24) is 0 Å². The van der Waals surface area contributed by atoms with Crippen molar-refractivity contribution in [3.8, 4) is 33.4 Å². The van der Waals surface area contributed by atoms with E-state index in [2.05, 4.69) is 121 Å². The van der Waals surface area contributed by atoms with E-state index in [0.717, 1.165) is 0 Å². The molecule has 168 valence electrons. The van der Waals surface area contributed by atoms with Crippen LogP contribution in [0.2, 0.25) is 0 Å². The summed E-state index contributed by atoms with van der Waals surface area (Å²) in [5.74, 6) is 0. The minimum atomic E-state index is 1.25. The molecule has 1 aromatic heterocycles. The van der Waals surface area contributed by atoms with Crippen molar-refractivity contribution in [1.29, 1.82) is 0 Å². The van der Waals surface area contributed by atoms with Crippen molar-refractivity contribution < 1.29 is 0 Å². The molecule has 0 bridgehead atoms. The number of fused-ring (bicyclic) bond motifs is 5. The van der Waals surface area contributed by atoms with Crippen LogP contribution in [0.3, 0.4) is 0 Å². The molecular weight excluding hydrogens is 473 g/mol. The van der Waals surface area contributed by atoms with E-state index in [1.807, 2.05) is 23.1 Å². The summed E-state index contributed by atoms with van der Waals surface area (Å²) in [6, 6.07) is 44.7. The summed E-state index contributed by atoms with van der Waals surface area (Å²) in [5, 5.41) is 5.38. The van der Waals surface area contributed by atoms with Crippen LogP contribution < -0.4 is 0 Å². The molecule has 0 radical (unpaired) electrons. The van der Waals surface area contributed by atoms with Gasteiger partial charge in [0.25, 0.3) is 0 Å². The molecule has 0 fully saturated rings. The summed E-state index contributed by atoms with van der Waals surface area (Å²) in [4.78, 5) is 2.68. The van der Waals surface area contributed by atoms with E-state index in [-0.39, 0.29) is 0 Å². The molecule has 7 aromatic rings. The van der Waals surface area contributed by atoms with Crippen LogP contribution >= 0.6 is 23.1 Å². The van der Waals surface area contributed by atoms with Crippen LogP contribution in [0.15, 0.2) is 131 Å². The summed E-state index contributed by atoms with van der Waals surface area (Å²) < 4.78 is 2.71. The Kier molecular flexibility index (Phi) is 4.42. The second kappa shape index (κ2) is 7.83. The fourth-order valence-corrected chi connectivity index (χ4v) is 7.95. The van der Waals surface area contributed by atoms with E-state index < -0.39 is 0 Å². The van der Waals surface area contributed by atoms with Gasteiger partial charge in [0.2, 0.25) is 0 Å². The van der Waals surface area contributed by atoms with E-state index >= 15 is 0 Å². The predicted molar refractivity (Wildman–Crippen MR) is 157 cm³/mol. The van der Waals surface area contributed by atoms with E-state index in [1.54, 1.807) is 0 Å². The highest BCUT2D eigenvalue weighted by Gasteiger charge is 2.19. The Labute approximate surface area is 217 Å². The average Bonchev–Trinajstić information content (AvgIpc) is 3.32. The number of thiophene rings is 1. The zero-order valence-corrected chi connectivity index (χ0v) is 21.0. The number of hydrogen-bond donors (Lipinski definition) is 0. The molecule has 0 saturated carbocycles. The highest BCUT2D eigenvalue weighted by atomic mass is 32.2. The van der Waals surface area contributed by atoms with Gasteiger partial charge in [0, 0.05) is 35.3 Å². The van der Waals surface area contributed by atoms with Crippen LogP contribution in [0.1, 0.15) is 0 Å². The molecule has 0 N–H and O–H groups in total. The molecule has 0 unspecified atom stereocenters. The lowest BCUT2D eigenvalue weighted by molar-refractivity contribution is 1.39. The molecule has 36 heavy (non-hydrogen) atoms. The van der Waals surface area contributed by atoms with Crippen molar-refractivity contribution in [3.05, 3.63) is 121 Å². The van der Waals surface area contributed by atoms with Crippen molar-refractivity contribution in [2.75, 3.05) is 0 Å². The Morgan fingerprint density at radius 2 is 1.19 bits per heavy atom. The maximum atomic E-state index is 2.38. The zero-order chi connectivity index (χ0) is 23.6. The molecule has 0 saturated heterocycles. The third-order valence-corrected chi connectivity index (χ3v) is 9.62. The van der Waals surface area contributed by atoms with Crippen LogP contribution in [0.5, 0.6) is 0 Å². The van der Waals surface area contributed by atoms with E-state index in [9.17, 15) is 0 Å². The molecule has 0 nitrogen and oxygen atoms in total. The molecule has 1 aliphatic rings. The Hall–Kier alpha value is -3.85. The average molecular weight is 493 g/mol. The minimum Gasteiger partial charge on any atom is -0.135 e. The molecular formula is C34H20S2. The lowest BCUT2D eigenvalue weighted by atomic mass is 9.93. The van der Waals surface area contributed by atoms with Gasteiger partial charge in [-0.05, 0) is 69.1 Å². The Bertz CT molecular complexity index is 1970. The third-order valence-electron chi connectivity index (χ3n) is 7.27. The van der Waals surface area contributed by atoms with E-state index in [0.29, 0.717) is 0 Å². The summed E-state index contributed by atoms with van der Waals surface area (Å²) >= 11 is 3.77. The van der Waals surface area contributed by atoms with Crippen molar-refractivity contribution in [2.45, 2.75) is 9.79 Å². The van der Waals surface area contributed by atoms with Gasteiger partial charge in [0.05, 0.1) is 0 Å². The first kappa shape index (κ1) is 20.4. The van der Waals surface area contributed by atoms with Crippen LogP contribution in [0, 0.1) is 0 Å². The number of benzene rings is 6. The first-order valence-electron chi connectivity index (χ1n) is 12.2. The van der Waals surface area contributed by atoms with Gasteiger partial charge < -0.3 is 0 Å². The zero-order valence-electron chi connectivity index (χ0n) is 19.4. The number of rotatable bonds is 2. The molecule has 8 rings (SSSR count). The molecule has 6 aromatic carbocycles. The normalized spacial score (nSPS) is 12.3. The SMILES string of the molecule is c1cc(-c2ccc3c(c2)-c2cccc4cccc(c24)S3)cc(-c2cccc3c2sc2ccccc23)c1. The molecule has 2 heteroatoms. The lowest BCUT2D eigenvalue weighted by Gasteiger charge is -2.21. The maximum Gasteiger partial charge on any atom is 0.0433 e. The second-order valence-electron chi connectivity index (χ2n) is 9.33. The highest BCUT2D eigenvalue weighted by molar-refractivity contribution is 7.99. The van der Waals surface area contributed by atoms with E-state index in [4.69, 9.17) is 0 Å². The molecule has 0 amide bonds. The van der Waals surface area contributed by atoms with Gasteiger partial charge in [-0.1, -0.05) is 103 Å². The summed E-state index contributed by atoms with van der Waals surface area (Å²) in [5.41, 5.74) is 7.76. The van der Waals surface area contributed by atoms with Gasteiger partial charge in [0.15, 0.2) is 0 Å². The molecule has 0 aliphatic carbocycles. The highest BCUT2D eigenvalue weighted by Crippen LogP contribution is 2.49. The summed E-state index contributed by atoms with van der Waals surface area (Å²) in [7, 11) is 0. The third kappa shape index (κ3) is 3.02. The van der Waals surface area contributed by atoms with Gasteiger partial charge in [0.1, 0.15) is 0 Å². The van der Waals surface area contributed by atoms with Crippen LogP contribution in [-0.4, -0.2) is 0 Å². The van der Waals surface area contributed by atoms with Crippen molar-refractivity contribution in [3.63, 3.8) is 0 Å². The minimum absolute atomic E-state index is 1.25. The molecule has 0 atom stereocenters. The fraction of sp³-hybridized carbons (Fsp3) is 0. The largest absolute Gasteiger partial charge is 0.135 e. The van der Waals surface area contributed by atoms with Crippen molar-refractivity contribution in [2.24, 2.45) is 0 Å². The molecule has 1 aliphatic heterocycles. The standard InChI is InChI=1S/C34H20S2/c1-2-15-30-26(11-1)28-14-6-12-25(34(28)36-30)24-10-3-9-22(19-24)23-17-18-31-29(20-23)27-13-4-7-21-8-5-16-32(35-31)33(21)27/h1-20H. The van der Waals surface area contributed by atoms with E-state index in [1.165, 1.54) is 74.1 Å². The van der Waals surface area contributed by atoms with Crippen molar-refractivity contribution >= 4 is 54.0 Å². The first-order chi connectivity index (χ1) is 17.8. The van der Waals surface area contributed by atoms with Gasteiger partial charge in [-0.3, -0.25) is 0 Å².